The van der Waals surface area contributed by atoms with Crippen LogP contribution in [-0.2, 0) is 35.6 Å². The molecule has 0 aliphatic carbocycles. The molecular weight excluding hydrogens is 574 g/mol. The molecule has 2 amide bonds. The van der Waals surface area contributed by atoms with Crippen LogP contribution in [0.15, 0.2) is 90.0 Å². The van der Waals surface area contributed by atoms with Crippen LogP contribution in [0.1, 0.15) is 37.5 Å². The molecule has 1 aliphatic heterocycles. The lowest BCUT2D eigenvalue weighted by Gasteiger charge is -2.31. The second kappa shape index (κ2) is 14.1. The molecule has 11 nitrogen and oxygen atoms in total. The van der Waals surface area contributed by atoms with Crippen molar-refractivity contribution in [3.63, 3.8) is 0 Å². The molecule has 45 heavy (non-hydrogen) atoms. The number of benzene rings is 3. The van der Waals surface area contributed by atoms with E-state index < -0.39 is 11.7 Å². The molecule has 1 aliphatic rings. The summed E-state index contributed by atoms with van der Waals surface area (Å²) < 4.78 is 19.7. The molecule has 0 unspecified atom stereocenters. The fourth-order valence-corrected chi connectivity index (χ4v) is 4.95. The summed E-state index contributed by atoms with van der Waals surface area (Å²) in [5.74, 6) is 0.702. The number of hydrogen-bond donors (Lipinski definition) is 0. The Bertz CT molecular complexity index is 1650. The SMILES string of the molecule is CC(C)(C)OC(=O)N1CCc2cc(-n3cnn(CCN(CCOc4ccccc4)C(=O)OCc4ccccc4)c3=O)ccc2C1. The van der Waals surface area contributed by atoms with E-state index in [0.29, 0.717) is 30.9 Å². The van der Waals surface area contributed by atoms with Gasteiger partial charge in [-0.15, -0.1) is 0 Å². The van der Waals surface area contributed by atoms with Gasteiger partial charge in [0, 0.05) is 19.6 Å². The van der Waals surface area contributed by atoms with Crippen molar-refractivity contribution in [2.75, 3.05) is 26.2 Å². The largest absolute Gasteiger partial charge is 0.492 e. The Morgan fingerprint density at radius 2 is 1.67 bits per heavy atom. The summed E-state index contributed by atoms with van der Waals surface area (Å²) in [7, 11) is 0. The molecule has 11 heteroatoms. The van der Waals surface area contributed by atoms with Crippen LogP contribution >= 0.6 is 0 Å². The standard InChI is InChI=1S/C34H39N5O6/c1-34(2,3)45-33(42)37-17-16-27-22-29(15-14-28(27)23-37)38-25-35-39(31(38)40)19-18-36(20-21-43-30-12-8-5-9-13-30)32(41)44-24-26-10-6-4-7-11-26/h4-15,22,25H,16-21,23-24H2,1-3H3. The molecule has 0 fully saturated rings. The van der Waals surface area contributed by atoms with E-state index in [1.165, 1.54) is 20.5 Å². The smallest absolute Gasteiger partial charge is 0.410 e. The summed E-state index contributed by atoms with van der Waals surface area (Å²) in [5, 5.41) is 4.31. The number of nitrogens with zero attached hydrogens (tertiary/aromatic N) is 5. The zero-order valence-electron chi connectivity index (χ0n) is 25.9. The normalized spacial score (nSPS) is 12.7. The monoisotopic (exact) mass is 613 g/mol. The molecule has 0 radical (unpaired) electrons. The summed E-state index contributed by atoms with van der Waals surface area (Å²) >= 11 is 0. The van der Waals surface area contributed by atoms with E-state index in [4.69, 9.17) is 14.2 Å². The van der Waals surface area contributed by atoms with Gasteiger partial charge in [-0.2, -0.15) is 5.10 Å². The number of amides is 2. The van der Waals surface area contributed by atoms with Crippen molar-refractivity contribution in [1.82, 2.24) is 24.1 Å². The van der Waals surface area contributed by atoms with E-state index in [-0.39, 0.29) is 44.6 Å². The van der Waals surface area contributed by atoms with Gasteiger partial charge in [-0.25, -0.2) is 23.6 Å². The van der Waals surface area contributed by atoms with Crippen LogP contribution in [0.4, 0.5) is 9.59 Å². The zero-order valence-corrected chi connectivity index (χ0v) is 25.9. The van der Waals surface area contributed by atoms with Crippen molar-refractivity contribution in [3.8, 4) is 11.4 Å². The number of hydrogen-bond acceptors (Lipinski definition) is 7. The predicted octanol–water partition coefficient (Wildman–Crippen LogP) is 5.05. The van der Waals surface area contributed by atoms with Crippen LogP contribution < -0.4 is 10.4 Å². The number of carbonyl (C=O) groups is 2. The third-order valence-electron chi connectivity index (χ3n) is 7.28. The Morgan fingerprint density at radius 3 is 2.40 bits per heavy atom. The highest BCUT2D eigenvalue weighted by Gasteiger charge is 2.26. The fourth-order valence-electron chi connectivity index (χ4n) is 4.95. The van der Waals surface area contributed by atoms with Crippen molar-refractivity contribution in [1.29, 1.82) is 0 Å². The molecule has 236 valence electrons. The molecular formula is C34H39N5O6. The van der Waals surface area contributed by atoms with E-state index in [2.05, 4.69) is 5.10 Å². The van der Waals surface area contributed by atoms with Crippen molar-refractivity contribution in [2.24, 2.45) is 0 Å². The maximum Gasteiger partial charge on any atom is 0.410 e. The van der Waals surface area contributed by atoms with Crippen molar-refractivity contribution >= 4 is 12.2 Å². The van der Waals surface area contributed by atoms with Crippen LogP contribution in [0, 0.1) is 0 Å². The minimum absolute atomic E-state index is 0.137. The number of para-hydroxylation sites is 1. The lowest BCUT2D eigenvalue weighted by molar-refractivity contribution is 0.0224. The Kier molecular flexibility index (Phi) is 9.86. The van der Waals surface area contributed by atoms with Gasteiger partial charge in [-0.3, -0.25) is 0 Å². The number of fused-ring (bicyclic) bond motifs is 1. The first-order chi connectivity index (χ1) is 21.7. The van der Waals surface area contributed by atoms with E-state index in [9.17, 15) is 14.4 Å². The second-order valence-corrected chi connectivity index (χ2v) is 11.8. The average molecular weight is 614 g/mol. The summed E-state index contributed by atoms with van der Waals surface area (Å²) in [5.41, 5.74) is 2.77. The highest BCUT2D eigenvalue weighted by atomic mass is 16.6. The van der Waals surface area contributed by atoms with Gasteiger partial charge in [-0.05, 0) is 68.1 Å². The van der Waals surface area contributed by atoms with E-state index in [0.717, 1.165) is 16.7 Å². The van der Waals surface area contributed by atoms with Gasteiger partial charge >= 0.3 is 17.9 Å². The second-order valence-electron chi connectivity index (χ2n) is 11.8. The maximum atomic E-state index is 13.3. The van der Waals surface area contributed by atoms with Crippen LogP contribution in [0.2, 0.25) is 0 Å². The highest BCUT2D eigenvalue weighted by molar-refractivity contribution is 5.69. The van der Waals surface area contributed by atoms with Gasteiger partial charge in [-0.1, -0.05) is 54.6 Å². The number of aromatic nitrogens is 3. The molecule has 0 spiro atoms. The van der Waals surface area contributed by atoms with Gasteiger partial charge in [0.1, 0.15) is 30.9 Å². The molecule has 2 heterocycles. The predicted molar refractivity (Wildman–Crippen MR) is 168 cm³/mol. The fraction of sp³-hybridized carbons (Fsp3) is 0.353. The van der Waals surface area contributed by atoms with E-state index in [1.54, 1.807) is 4.90 Å². The van der Waals surface area contributed by atoms with Crippen molar-refractivity contribution in [3.05, 3.63) is 112 Å². The quantitative estimate of drug-likeness (QED) is 0.247. The molecule has 1 aromatic heterocycles. The Hall–Kier alpha value is -5.06. The number of ether oxygens (including phenoxy) is 3. The van der Waals surface area contributed by atoms with Crippen molar-refractivity contribution in [2.45, 2.75) is 52.5 Å². The first kappa shape index (κ1) is 31.4. The molecule has 3 aromatic carbocycles. The molecule has 0 atom stereocenters. The van der Waals surface area contributed by atoms with E-state index >= 15 is 0 Å². The van der Waals surface area contributed by atoms with Crippen LogP contribution in [-0.4, -0.2) is 68.2 Å². The third-order valence-corrected chi connectivity index (χ3v) is 7.28. The summed E-state index contributed by atoms with van der Waals surface area (Å²) in [6.45, 7) is 7.57. The molecule has 0 N–H and O–H groups in total. The van der Waals surface area contributed by atoms with Gasteiger partial charge in [0.05, 0.1) is 18.8 Å². The molecule has 0 saturated heterocycles. The third kappa shape index (κ3) is 8.53. The molecule has 0 saturated carbocycles. The summed E-state index contributed by atoms with van der Waals surface area (Å²) in [6.07, 6.45) is 1.30. The maximum absolute atomic E-state index is 13.3. The Labute approximate surface area is 262 Å². The number of carbonyl (C=O) groups excluding carboxylic acids is 2. The minimum Gasteiger partial charge on any atom is -0.492 e. The minimum atomic E-state index is -0.558. The summed E-state index contributed by atoms with van der Waals surface area (Å²) in [6, 6.07) is 24.6. The molecule has 4 aromatic rings. The molecule has 0 bridgehead atoms. The lowest BCUT2D eigenvalue weighted by Crippen LogP contribution is -2.40. The topological polar surface area (TPSA) is 108 Å². The first-order valence-corrected chi connectivity index (χ1v) is 15.0. The highest BCUT2D eigenvalue weighted by Crippen LogP contribution is 2.23. The zero-order chi connectivity index (χ0) is 31.8. The average Bonchev–Trinajstić information content (AvgIpc) is 3.40. The van der Waals surface area contributed by atoms with Gasteiger partial charge in [0.2, 0.25) is 0 Å². The molecule has 5 rings (SSSR count). The van der Waals surface area contributed by atoms with Gasteiger partial charge in [0.25, 0.3) is 0 Å². The first-order valence-electron chi connectivity index (χ1n) is 15.0. The Morgan fingerprint density at radius 1 is 0.933 bits per heavy atom. The Balaban J connectivity index is 1.23. The lowest BCUT2D eigenvalue weighted by atomic mass is 9.99. The van der Waals surface area contributed by atoms with Gasteiger partial charge < -0.3 is 24.0 Å². The van der Waals surface area contributed by atoms with Gasteiger partial charge in [0.15, 0.2) is 0 Å². The number of rotatable bonds is 10. The van der Waals surface area contributed by atoms with Crippen LogP contribution in [0.25, 0.3) is 5.69 Å². The van der Waals surface area contributed by atoms with Crippen LogP contribution in [0.3, 0.4) is 0 Å². The summed E-state index contributed by atoms with van der Waals surface area (Å²) in [4.78, 5) is 42.2. The van der Waals surface area contributed by atoms with Crippen molar-refractivity contribution < 1.29 is 23.8 Å². The van der Waals surface area contributed by atoms with Crippen LogP contribution in [0.5, 0.6) is 5.75 Å². The van der Waals surface area contributed by atoms with E-state index in [1.807, 2.05) is 99.6 Å².